The van der Waals surface area contributed by atoms with Crippen LogP contribution >= 0.6 is 15.9 Å². The molecule has 1 aromatic heterocycles. The molecule has 1 unspecified atom stereocenters. The predicted octanol–water partition coefficient (Wildman–Crippen LogP) is 4.03. The van der Waals surface area contributed by atoms with Gasteiger partial charge in [-0.15, -0.1) is 0 Å². The second-order valence-corrected chi connectivity index (χ2v) is 4.77. The number of benzene rings is 1. The summed E-state index contributed by atoms with van der Waals surface area (Å²) < 4.78 is 19.6. The minimum Gasteiger partial charge on any atom is -0.468 e. The highest BCUT2D eigenvalue weighted by Gasteiger charge is 2.09. The molecule has 2 rings (SSSR count). The van der Waals surface area contributed by atoms with Gasteiger partial charge < -0.3 is 9.73 Å². The van der Waals surface area contributed by atoms with Crippen LogP contribution in [0.25, 0.3) is 0 Å². The van der Waals surface area contributed by atoms with Crippen molar-refractivity contribution in [1.82, 2.24) is 5.32 Å². The van der Waals surface area contributed by atoms with E-state index in [1.54, 1.807) is 18.4 Å². The molecular weight excluding hydrogens is 285 g/mol. The highest BCUT2D eigenvalue weighted by Crippen LogP contribution is 2.17. The molecule has 0 amide bonds. The van der Waals surface area contributed by atoms with Gasteiger partial charge >= 0.3 is 0 Å². The van der Waals surface area contributed by atoms with Gasteiger partial charge in [-0.1, -0.05) is 15.9 Å². The lowest BCUT2D eigenvalue weighted by Gasteiger charge is -2.12. The molecule has 0 saturated carbocycles. The maximum atomic E-state index is 13.5. The van der Waals surface area contributed by atoms with Crippen molar-refractivity contribution < 1.29 is 8.81 Å². The molecule has 17 heavy (non-hydrogen) atoms. The summed E-state index contributed by atoms with van der Waals surface area (Å²) >= 11 is 3.33. The molecule has 0 fully saturated rings. The second kappa shape index (κ2) is 5.47. The number of hydrogen-bond donors (Lipinski definition) is 1. The van der Waals surface area contributed by atoms with Crippen LogP contribution in [0.3, 0.4) is 0 Å². The second-order valence-electron chi connectivity index (χ2n) is 3.85. The smallest absolute Gasteiger partial charge is 0.127 e. The largest absolute Gasteiger partial charge is 0.468 e. The Hall–Kier alpha value is -1.13. The Morgan fingerprint density at radius 1 is 1.41 bits per heavy atom. The van der Waals surface area contributed by atoms with E-state index >= 15 is 0 Å². The van der Waals surface area contributed by atoms with E-state index in [1.807, 2.05) is 19.1 Å². The minimum atomic E-state index is -0.202. The first kappa shape index (κ1) is 12.3. The number of halogens is 2. The molecule has 1 heterocycles. The van der Waals surface area contributed by atoms with Gasteiger partial charge in [0.05, 0.1) is 12.3 Å². The lowest BCUT2D eigenvalue weighted by molar-refractivity contribution is 0.427. The number of nitrogens with one attached hydrogen (secondary N) is 1. The van der Waals surface area contributed by atoms with Crippen LogP contribution in [0.2, 0.25) is 0 Å². The van der Waals surface area contributed by atoms with E-state index in [2.05, 4.69) is 21.2 Å². The monoisotopic (exact) mass is 297 g/mol. The summed E-state index contributed by atoms with van der Waals surface area (Å²) in [6, 6.07) is 8.72. The van der Waals surface area contributed by atoms with E-state index in [-0.39, 0.29) is 11.9 Å². The van der Waals surface area contributed by atoms with Gasteiger partial charge in [0.1, 0.15) is 11.6 Å². The van der Waals surface area contributed by atoms with Gasteiger partial charge in [0.15, 0.2) is 0 Å². The third-order valence-corrected chi connectivity index (χ3v) is 3.07. The first-order chi connectivity index (χ1) is 8.16. The van der Waals surface area contributed by atoms with Crippen LogP contribution in [0.15, 0.2) is 45.5 Å². The first-order valence-corrected chi connectivity index (χ1v) is 6.17. The average molecular weight is 298 g/mol. The van der Waals surface area contributed by atoms with E-state index < -0.39 is 0 Å². The molecule has 1 atom stereocenters. The third kappa shape index (κ3) is 3.17. The van der Waals surface area contributed by atoms with E-state index in [0.717, 1.165) is 10.2 Å². The summed E-state index contributed by atoms with van der Waals surface area (Å²) in [5.41, 5.74) is 0.637. The van der Waals surface area contributed by atoms with E-state index in [1.165, 1.54) is 6.07 Å². The van der Waals surface area contributed by atoms with Gasteiger partial charge in [-0.2, -0.15) is 0 Å². The van der Waals surface area contributed by atoms with Crippen LogP contribution in [0.1, 0.15) is 24.3 Å². The fraction of sp³-hybridized carbons (Fsp3) is 0.231. The normalized spacial score (nSPS) is 12.6. The van der Waals surface area contributed by atoms with Gasteiger partial charge in [-0.05, 0) is 37.3 Å². The fourth-order valence-corrected chi connectivity index (χ4v) is 1.99. The van der Waals surface area contributed by atoms with Crippen molar-refractivity contribution in [3.63, 3.8) is 0 Å². The highest BCUT2D eigenvalue weighted by atomic mass is 79.9. The Bertz CT molecular complexity index is 484. The average Bonchev–Trinajstić information content (AvgIpc) is 2.83. The minimum absolute atomic E-state index is 0.0587. The highest BCUT2D eigenvalue weighted by molar-refractivity contribution is 9.10. The van der Waals surface area contributed by atoms with E-state index in [4.69, 9.17) is 4.42 Å². The molecule has 0 aliphatic carbocycles. The maximum Gasteiger partial charge on any atom is 0.127 e. The molecule has 1 aromatic carbocycles. The van der Waals surface area contributed by atoms with Crippen molar-refractivity contribution in [1.29, 1.82) is 0 Å². The fourth-order valence-electron chi connectivity index (χ4n) is 1.58. The molecule has 0 saturated heterocycles. The Morgan fingerprint density at radius 2 is 2.24 bits per heavy atom. The molecule has 4 heteroatoms. The molecule has 0 spiro atoms. The summed E-state index contributed by atoms with van der Waals surface area (Å²) in [5.74, 6) is 0.646. The zero-order valence-electron chi connectivity index (χ0n) is 9.41. The molecular formula is C13H13BrFNO. The van der Waals surface area contributed by atoms with Crippen molar-refractivity contribution in [2.45, 2.75) is 19.5 Å². The van der Waals surface area contributed by atoms with Crippen molar-refractivity contribution in [3.8, 4) is 0 Å². The van der Waals surface area contributed by atoms with Crippen molar-refractivity contribution in [3.05, 3.63) is 58.2 Å². The first-order valence-electron chi connectivity index (χ1n) is 5.37. The van der Waals surface area contributed by atoms with E-state index in [0.29, 0.717) is 12.1 Å². The molecule has 2 aromatic rings. The van der Waals surface area contributed by atoms with Crippen LogP contribution in [0, 0.1) is 5.82 Å². The Labute approximate surface area is 108 Å². The molecule has 1 N–H and O–H groups in total. The quantitative estimate of drug-likeness (QED) is 0.922. The van der Waals surface area contributed by atoms with Crippen LogP contribution in [0.5, 0.6) is 0 Å². The topological polar surface area (TPSA) is 25.2 Å². The molecule has 0 aliphatic heterocycles. The summed E-state index contributed by atoms with van der Waals surface area (Å²) in [6.07, 6.45) is 1.63. The SMILES string of the molecule is CC(NCc1cc(Br)ccc1F)c1ccco1. The third-order valence-electron chi connectivity index (χ3n) is 2.58. The number of hydrogen-bond acceptors (Lipinski definition) is 2. The summed E-state index contributed by atoms with van der Waals surface area (Å²) in [6.45, 7) is 2.45. The number of furan rings is 1. The molecule has 0 aliphatic rings. The molecule has 90 valence electrons. The van der Waals surface area contributed by atoms with Crippen molar-refractivity contribution >= 4 is 15.9 Å². The zero-order chi connectivity index (χ0) is 12.3. The number of rotatable bonds is 4. The lowest BCUT2D eigenvalue weighted by atomic mass is 10.2. The van der Waals surface area contributed by atoms with Crippen molar-refractivity contribution in [2.24, 2.45) is 0 Å². The molecule has 0 bridgehead atoms. The van der Waals surface area contributed by atoms with Gasteiger partial charge in [0.25, 0.3) is 0 Å². The summed E-state index contributed by atoms with van der Waals surface area (Å²) in [5, 5.41) is 3.21. The standard InChI is InChI=1S/C13H13BrFNO/c1-9(13-3-2-6-17-13)16-8-10-7-11(14)4-5-12(10)15/h2-7,9,16H,8H2,1H3. The molecule has 2 nitrogen and oxygen atoms in total. The van der Waals surface area contributed by atoms with Crippen LogP contribution in [-0.2, 0) is 6.54 Å². The Kier molecular flexibility index (Phi) is 3.97. The van der Waals surface area contributed by atoms with Gasteiger partial charge in [-0.25, -0.2) is 4.39 Å². The molecule has 0 radical (unpaired) electrons. The van der Waals surface area contributed by atoms with Crippen LogP contribution in [0.4, 0.5) is 4.39 Å². The van der Waals surface area contributed by atoms with Gasteiger partial charge in [0.2, 0.25) is 0 Å². The zero-order valence-corrected chi connectivity index (χ0v) is 11.0. The van der Waals surface area contributed by atoms with Crippen molar-refractivity contribution in [2.75, 3.05) is 0 Å². The lowest BCUT2D eigenvalue weighted by Crippen LogP contribution is -2.18. The maximum absolute atomic E-state index is 13.5. The van der Waals surface area contributed by atoms with Crippen LogP contribution < -0.4 is 5.32 Å². The Balaban J connectivity index is 2.00. The summed E-state index contributed by atoms with van der Waals surface area (Å²) in [4.78, 5) is 0. The predicted molar refractivity (Wildman–Crippen MR) is 68.1 cm³/mol. The van der Waals surface area contributed by atoms with Crippen LogP contribution in [-0.4, -0.2) is 0 Å². The Morgan fingerprint density at radius 3 is 2.94 bits per heavy atom. The van der Waals surface area contributed by atoms with Gasteiger partial charge in [0, 0.05) is 16.6 Å². The summed E-state index contributed by atoms with van der Waals surface area (Å²) in [7, 11) is 0. The van der Waals surface area contributed by atoms with E-state index in [9.17, 15) is 4.39 Å². The van der Waals surface area contributed by atoms with Gasteiger partial charge in [-0.3, -0.25) is 0 Å².